The summed E-state index contributed by atoms with van der Waals surface area (Å²) in [5, 5.41) is 11.6. The monoisotopic (exact) mass is 322 g/mol. The number of rotatable bonds is 6. The molecule has 128 valence electrons. The van der Waals surface area contributed by atoms with Gasteiger partial charge in [-0.15, -0.1) is 0 Å². The van der Waals surface area contributed by atoms with E-state index in [9.17, 15) is 9.59 Å². The van der Waals surface area contributed by atoms with E-state index >= 15 is 0 Å². The number of nitrogen functional groups attached to an aromatic ring is 1. The Balaban J connectivity index is 2.69. The molecule has 6 heteroatoms. The summed E-state index contributed by atoms with van der Waals surface area (Å²) < 4.78 is 5.18. The van der Waals surface area contributed by atoms with E-state index in [1.807, 2.05) is 25.1 Å². The van der Waals surface area contributed by atoms with Crippen LogP contribution >= 0.6 is 0 Å². The summed E-state index contributed by atoms with van der Waals surface area (Å²) in [6.07, 6.45) is 0.370. The van der Waals surface area contributed by atoms with Gasteiger partial charge in [0.05, 0.1) is 6.42 Å². The average molecular weight is 322 g/mol. The predicted octanol–water partition coefficient (Wildman–Crippen LogP) is 2.88. The van der Waals surface area contributed by atoms with Gasteiger partial charge in [0.1, 0.15) is 5.60 Å². The van der Waals surface area contributed by atoms with Crippen LogP contribution in [0.2, 0.25) is 0 Å². The van der Waals surface area contributed by atoms with E-state index in [1.54, 1.807) is 20.8 Å². The number of nitrogens with two attached hydrogens (primary N) is 1. The van der Waals surface area contributed by atoms with Gasteiger partial charge in [0.2, 0.25) is 0 Å². The number of alkyl carbamates (subject to hydrolysis) is 1. The van der Waals surface area contributed by atoms with Crippen LogP contribution in [0.1, 0.15) is 44.7 Å². The van der Waals surface area contributed by atoms with Crippen molar-refractivity contribution in [2.75, 3.05) is 5.73 Å². The lowest BCUT2D eigenvalue weighted by Gasteiger charge is -2.23. The molecule has 0 saturated heterocycles. The first-order valence-electron chi connectivity index (χ1n) is 7.63. The van der Waals surface area contributed by atoms with Gasteiger partial charge in [0.25, 0.3) is 0 Å². The Morgan fingerprint density at radius 2 is 2.00 bits per heavy atom. The van der Waals surface area contributed by atoms with Gasteiger partial charge in [-0.25, -0.2) is 4.79 Å². The number of anilines is 1. The Hall–Kier alpha value is -2.24. The van der Waals surface area contributed by atoms with Crippen molar-refractivity contribution in [1.82, 2.24) is 5.32 Å². The number of ether oxygens (including phenoxy) is 1. The zero-order valence-corrected chi connectivity index (χ0v) is 14.2. The second-order valence-corrected chi connectivity index (χ2v) is 6.67. The van der Waals surface area contributed by atoms with Crippen molar-refractivity contribution in [3.8, 4) is 0 Å². The number of hydrogen-bond acceptors (Lipinski definition) is 4. The third-order valence-corrected chi connectivity index (χ3v) is 3.28. The standard InChI is InChI=1S/C17H26N2O4/c1-11-5-7-13(18)9-12(11)6-8-14(10-15(20)21)19-16(22)23-17(2,3)4/h5,7,9,14H,6,8,10,18H2,1-4H3,(H,19,22)(H,20,21)/t14-/m0/s1. The van der Waals surface area contributed by atoms with Crippen molar-refractivity contribution in [2.45, 2.75) is 58.6 Å². The van der Waals surface area contributed by atoms with Gasteiger partial charge in [-0.1, -0.05) is 6.07 Å². The fraction of sp³-hybridized carbons (Fsp3) is 0.529. The lowest BCUT2D eigenvalue weighted by Crippen LogP contribution is -2.40. The maximum Gasteiger partial charge on any atom is 0.407 e. The second-order valence-electron chi connectivity index (χ2n) is 6.67. The number of nitrogens with one attached hydrogen (secondary N) is 1. The minimum Gasteiger partial charge on any atom is -0.481 e. The number of amides is 1. The number of aryl methyl sites for hydroxylation is 2. The van der Waals surface area contributed by atoms with E-state index in [1.165, 1.54) is 0 Å². The molecular formula is C17H26N2O4. The molecule has 1 atom stereocenters. The Morgan fingerprint density at radius 3 is 2.57 bits per heavy atom. The van der Waals surface area contributed by atoms with Gasteiger partial charge >= 0.3 is 12.1 Å². The Morgan fingerprint density at radius 1 is 1.35 bits per heavy atom. The lowest BCUT2D eigenvalue weighted by atomic mass is 9.99. The van der Waals surface area contributed by atoms with Gasteiger partial charge < -0.3 is 20.9 Å². The fourth-order valence-electron chi connectivity index (χ4n) is 2.20. The van der Waals surface area contributed by atoms with E-state index in [0.29, 0.717) is 18.5 Å². The number of aliphatic carboxylic acids is 1. The highest BCUT2D eigenvalue weighted by molar-refractivity contribution is 5.71. The summed E-state index contributed by atoms with van der Waals surface area (Å²) in [7, 11) is 0. The number of carboxylic acids is 1. The van der Waals surface area contributed by atoms with Crippen LogP contribution in [0.25, 0.3) is 0 Å². The van der Waals surface area contributed by atoms with Gasteiger partial charge in [0.15, 0.2) is 0 Å². The zero-order valence-electron chi connectivity index (χ0n) is 14.2. The maximum atomic E-state index is 11.8. The Kier molecular flexibility index (Phi) is 6.42. The number of carbonyl (C=O) groups is 2. The van der Waals surface area contributed by atoms with Crippen LogP contribution in [-0.4, -0.2) is 28.8 Å². The fourth-order valence-corrected chi connectivity index (χ4v) is 2.20. The van der Waals surface area contributed by atoms with Gasteiger partial charge in [0, 0.05) is 11.7 Å². The van der Waals surface area contributed by atoms with Crippen molar-refractivity contribution < 1.29 is 19.4 Å². The zero-order chi connectivity index (χ0) is 17.6. The Bertz CT molecular complexity index is 564. The third kappa shape index (κ3) is 7.54. The van der Waals surface area contributed by atoms with Crippen LogP contribution in [0.5, 0.6) is 0 Å². The minimum atomic E-state index is -0.963. The van der Waals surface area contributed by atoms with E-state index in [2.05, 4.69) is 5.32 Å². The molecule has 6 nitrogen and oxygen atoms in total. The summed E-state index contributed by atoms with van der Waals surface area (Å²) in [6.45, 7) is 7.25. The van der Waals surface area contributed by atoms with Crippen LogP contribution in [0, 0.1) is 6.92 Å². The highest BCUT2D eigenvalue weighted by Crippen LogP contribution is 2.16. The molecule has 0 aliphatic rings. The number of carbonyl (C=O) groups excluding carboxylic acids is 1. The van der Waals surface area contributed by atoms with Crippen LogP contribution in [-0.2, 0) is 16.0 Å². The van der Waals surface area contributed by atoms with Crippen molar-refractivity contribution in [3.63, 3.8) is 0 Å². The average Bonchev–Trinajstić information content (AvgIpc) is 2.36. The topological polar surface area (TPSA) is 102 Å². The van der Waals surface area contributed by atoms with Crippen LogP contribution in [0.3, 0.4) is 0 Å². The molecule has 1 aromatic carbocycles. The quantitative estimate of drug-likeness (QED) is 0.699. The van der Waals surface area contributed by atoms with Crippen LogP contribution in [0.15, 0.2) is 18.2 Å². The largest absolute Gasteiger partial charge is 0.481 e. The molecule has 1 rings (SSSR count). The first-order chi connectivity index (χ1) is 10.6. The minimum absolute atomic E-state index is 0.152. The maximum absolute atomic E-state index is 11.8. The summed E-state index contributed by atoms with van der Waals surface area (Å²) in [5.74, 6) is -0.963. The van der Waals surface area contributed by atoms with Crippen LogP contribution in [0.4, 0.5) is 10.5 Å². The second kappa shape index (κ2) is 7.85. The molecule has 0 fully saturated rings. The Labute approximate surface area is 137 Å². The molecule has 23 heavy (non-hydrogen) atoms. The molecule has 1 aromatic rings. The van der Waals surface area contributed by atoms with Crippen LogP contribution < -0.4 is 11.1 Å². The first kappa shape index (κ1) is 18.8. The van der Waals surface area contributed by atoms with Gasteiger partial charge in [-0.2, -0.15) is 0 Å². The molecule has 0 bridgehead atoms. The molecule has 0 radical (unpaired) electrons. The van der Waals surface area contributed by atoms with E-state index in [4.69, 9.17) is 15.6 Å². The summed E-state index contributed by atoms with van der Waals surface area (Å²) >= 11 is 0. The molecule has 0 spiro atoms. The van der Waals surface area contributed by atoms with E-state index < -0.39 is 23.7 Å². The molecule has 0 unspecified atom stereocenters. The molecule has 0 aliphatic heterocycles. The summed E-state index contributed by atoms with van der Waals surface area (Å²) in [4.78, 5) is 22.8. The molecule has 0 saturated carbocycles. The van der Waals surface area contributed by atoms with Crippen molar-refractivity contribution in [2.24, 2.45) is 0 Å². The molecule has 0 heterocycles. The predicted molar refractivity (Wildman–Crippen MR) is 89.3 cm³/mol. The molecule has 0 aliphatic carbocycles. The highest BCUT2D eigenvalue weighted by atomic mass is 16.6. The number of hydrogen-bond donors (Lipinski definition) is 3. The third-order valence-electron chi connectivity index (χ3n) is 3.28. The van der Waals surface area contributed by atoms with E-state index in [0.717, 1.165) is 11.1 Å². The first-order valence-corrected chi connectivity index (χ1v) is 7.63. The van der Waals surface area contributed by atoms with Crippen molar-refractivity contribution >= 4 is 17.7 Å². The number of carboxylic acid groups (broad SMARTS) is 1. The lowest BCUT2D eigenvalue weighted by molar-refractivity contribution is -0.137. The number of benzene rings is 1. The normalized spacial score (nSPS) is 12.5. The van der Waals surface area contributed by atoms with Crippen molar-refractivity contribution in [1.29, 1.82) is 0 Å². The van der Waals surface area contributed by atoms with Crippen molar-refractivity contribution in [3.05, 3.63) is 29.3 Å². The summed E-state index contributed by atoms with van der Waals surface area (Å²) in [5.41, 5.74) is 7.96. The van der Waals surface area contributed by atoms with Gasteiger partial charge in [-0.3, -0.25) is 4.79 Å². The molecular weight excluding hydrogens is 296 g/mol. The molecule has 1 amide bonds. The van der Waals surface area contributed by atoms with E-state index in [-0.39, 0.29) is 6.42 Å². The SMILES string of the molecule is Cc1ccc(N)cc1CC[C@@H](CC(=O)O)NC(=O)OC(C)(C)C. The highest BCUT2D eigenvalue weighted by Gasteiger charge is 2.21. The van der Waals surface area contributed by atoms with Gasteiger partial charge in [-0.05, 0) is 63.8 Å². The smallest absolute Gasteiger partial charge is 0.407 e. The molecule has 0 aromatic heterocycles. The molecule has 4 N–H and O–H groups in total. The summed E-state index contributed by atoms with van der Waals surface area (Å²) in [6, 6.07) is 5.13.